The highest BCUT2D eigenvalue weighted by atomic mass is 16.1. The lowest BCUT2D eigenvalue weighted by Gasteiger charge is -2.22. The zero-order valence-corrected chi connectivity index (χ0v) is 12.9. The van der Waals surface area contributed by atoms with Crippen LogP contribution in [-0.4, -0.2) is 36.5 Å². The summed E-state index contributed by atoms with van der Waals surface area (Å²) < 4.78 is 0. The van der Waals surface area contributed by atoms with Crippen LogP contribution in [0.5, 0.6) is 0 Å². The molecule has 1 atom stereocenters. The van der Waals surface area contributed by atoms with Crippen molar-refractivity contribution in [3.8, 4) is 0 Å². The highest BCUT2D eigenvalue weighted by Gasteiger charge is 2.22. The van der Waals surface area contributed by atoms with Crippen LogP contribution < -0.4 is 5.32 Å². The minimum absolute atomic E-state index is 0.249. The monoisotopic (exact) mass is 268 g/mol. The molecule has 3 heteroatoms. The topological polar surface area (TPSA) is 32.3 Å². The van der Waals surface area contributed by atoms with E-state index >= 15 is 0 Å². The van der Waals surface area contributed by atoms with Crippen LogP contribution in [0.15, 0.2) is 0 Å². The van der Waals surface area contributed by atoms with Crippen LogP contribution >= 0.6 is 0 Å². The summed E-state index contributed by atoms with van der Waals surface area (Å²) >= 11 is 0. The summed E-state index contributed by atoms with van der Waals surface area (Å²) in [5.74, 6) is 0.249. The molecule has 0 aromatic carbocycles. The Balaban J connectivity index is 1.98. The van der Waals surface area contributed by atoms with Crippen molar-refractivity contribution in [2.75, 3.05) is 19.6 Å². The van der Waals surface area contributed by atoms with Crippen molar-refractivity contribution in [1.82, 2.24) is 10.2 Å². The predicted molar refractivity (Wildman–Crippen MR) is 81.3 cm³/mol. The van der Waals surface area contributed by atoms with E-state index in [0.717, 1.165) is 19.5 Å². The molecule has 0 aliphatic carbocycles. The molecule has 1 rings (SSSR count). The fraction of sp³-hybridized carbons (Fsp3) is 0.938. The summed E-state index contributed by atoms with van der Waals surface area (Å²) in [6.07, 6.45) is 10.7. The molecule has 1 fully saturated rings. The van der Waals surface area contributed by atoms with E-state index in [0.29, 0.717) is 12.5 Å². The first-order valence-corrected chi connectivity index (χ1v) is 8.28. The quantitative estimate of drug-likeness (QED) is 0.616. The van der Waals surface area contributed by atoms with Gasteiger partial charge in [0.25, 0.3) is 0 Å². The summed E-state index contributed by atoms with van der Waals surface area (Å²) in [4.78, 5) is 14.2. The molecule has 0 saturated carbocycles. The summed E-state index contributed by atoms with van der Waals surface area (Å²) in [7, 11) is 0. The molecule has 0 aromatic rings. The van der Waals surface area contributed by atoms with Gasteiger partial charge in [-0.1, -0.05) is 46.0 Å². The van der Waals surface area contributed by atoms with E-state index in [9.17, 15) is 4.79 Å². The maximum absolute atomic E-state index is 11.8. The Bertz CT molecular complexity index is 243. The van der Waals surface area contributed by atoms with Gasteiger partial charge in [0.05, 0.1) is 0 Å². The molecule has 19 heavy (non-hydrogen) atoms. The second-order valence-electron chi connectivity index (χ2n) is 5.75. The van der Waals surface area contributed by atoms with E-state index in [1.54, 1.807) is 0 Å². The highest BCUT2D eigenvalue weighted by Crippen LogP contribution is 2.15. The van der Waals surface area contributed by atoms with Gasteiger partial charge < -0.3 is 5.32 Å². The SMILES string of the molecule is CCCCCCCCC(=O)NCC1CCCN1CC. The first-order chi connectivity index (χ1) is 9.27. The van der Waals surface area contributed by atoms with E-state index in [1.807, 2.05) is 0 Å². The third kappa shape index (κ3) is 6.95. The number of hydrogen-bond donors (Lipinski definition) is 1. The van der Waals surface area contributed by atoms with Crippen molar-refractivity contribution in [2.24, 2.45) is 0 Å². The van der Waals surface area contributed by atoms with E-state index in [-0.39, 0.29) is 5.91 Å². The van der Waals surface area contributed by atoms with Crippen molar-refractivity contribution in [1.29, 1.82) is 0 Å². The molecule has 1 heterocycles. The molecule has 1 N–H and O–H groups in total. The molecular formula is C16H32N2O. The van der Waals surface area contributed by atoms with Crippen LogP contribution in [0.3, 0.4) is 0 Å². The summed E-state index contributed by atoms with van der Waals surface area (Å²) in [6.45, 7) is 7.60. The molecule has 0 bridgehead atoms. The molecule has 112 valence electrons. The average molecular weight is 268 g/mol. The first-order valence-electron chi connectivity index (χ1n) is 8.28. The Hall–Kier alpha value is -0.570. The van der Waals surface area contributed by atoms with Crippen LogP contribution in [0.2, 0.25) is 0 Å². The van der Waals surface area contributed by atoms with Crippen LogP contribution in [0.4, 0.5) is 0 Å². The number of rotatable bonds is 10. The molecule has 1 amide bonds. The van der Waals surface area contributed by atoms with Crippen molar-refractivity contribution < 1.29 is 4.79 Å². The summed E-state index contributed by atoms with van der Waals surface area (Å²) in [5, 5.41) is 3.11. The van der Waals surface area contributed by atoms with Gasteiger partial charge in [0, 0.05) is 19.0 Å². The zero-order valence-electron chi connectivity index (χ0n) is 12.9. The standard InChI is InChI=1S/C16H32N2O/c1-3-5-6-7-8-9-12-16(19)17-14-15-11-10-13-18(15)4-2/h15H,3-14H2,1-2H3,(H,17,19). The average Bonchev–Trinajstić information content (AvgIpc) is 2.88. The second kappa shape index (κ2) is 10.2. The number of unbranched alkanes of at least 4 members (excludes halogenated alkanes) is 5. The molecule has 1 aliphatic heterocycles. The minimum atomic E-state index is 0.249. The number of nitrogens with one attached hydrogen (secondary N) is 1. The summed E-state index contributed by atoms with van der Waals surface area (Å²) in [6, 6.07) is 0.582. The smallest absolute Gasteiger partial charge is 0.220 e. The number of likely N-dealkylation sites (tertiary alicyclic amines) is 1. The fourth-order valence-corrected chi connectivity index (χ4v) is 2.93. The number of carbonyl (C=O) groups is 1. The third-order valence-corrected chi connectivity index (χ3v) is 4.20. The normalized spacial score (nSPS) is 19.8. The Morgan fingerprint density at radius 1 is 1.16 bits per heavy atom. The highest BCUT2D eigenvalue weighted by molar-refractivity contribution is 5.75. The van der Waals surface area contributed by atoms with E-state index in [4.69, 9.17) is 0 Å². The fourth-order valence-electron chi connectivity index (χ4n) is 2.93. The molecule has 0 spiro atoms. The number of hydrogen-bond acceptors (Lipinski definition) is 2. The lowest BCUT2D eigenvalue weighted by Crippen LogP contribution is -2.39. The van der Waals surface area contributed by atoms with Gasteiger partial charge in [0.1, 0.15) is 0 Å². The third-order valence-electron chi connectivity index (χ3n) is 4.20. The van der Waals surface area contributed by atoms with Gasteiger partial charge in [-0.15, -0.1) is 0 Å². The van der Waals surface area contributed by atoms with Crippen molar-refractivity contribution in [3.63, 3.8) is 0 Å². The number of amides is 1. The number of likely N-dealkylation sites (N-methyl/N-ethyl adjacent to an activating group) is 1. The number of nitrogens with zero attached hydrogens (tertiary/aromatic N) is 1. The predicted octanol–water partition coefficient (Wildman–Crippen LogP) is 3.34. The maximum atomic E-state index is 11.8. The largest absolute Gasteiger partial charge is 0.355 e. The lowest BCUT2D eigenvalue weighted by molar-refractivity contribution is -0.121. The summed E-state index contributed by atoms with van der Waals surface area (Å²) in [5.41, 5.74) is 0. The van der Waals surface area contributed by atoms with Crippen LogP contribution in [0.1, 0.15) is 71.6 Å². The second-order valence-corrected chi connectivity index (χ2v) is 5.75. The van der Waals surface area contributed by atoms with Crippen molar-refractivity contribution in [3.05, 3.63) is 0 Å². The van der Waals surface area contributed by atoms with E-state index < -0.39 is 0 Å². The molecule has 1 saturated heterocycles. The molecule has 0 radical (unpaired) electrons. The minimum Gasteiger partial charge on any atom is -0.355 e. The Morgan fingerprint density at radius 3 is 2.63 bits per heavy atom. The van der Waals surface area contributed by atoms with Crippen LogP contribution in [0, 0.1) is 0 Å². The molecule has 1 unspecified atom stereocenters. The lowest BCUT2D eigenvalue weighted by atomic mass is 10.1. The maximum Gasteiger partial charge on any atom is 0.220 e. The van der Waals surface area contributed by atoms with Crippen LogP contribution in [0.25, 0.3) is 0 Å². The Kier molecular flexibility index (Phi) is 8.89. The van der Waals surface area contributed by atoms with Gasteiger partial charge in [0.15, 0.2) is 0 Å². The van der Waals surface area contributed by atoms with Gasteiger partial charge in [0.2, 0.25) is 5.91 Å². The zero-order chi connectivity index (χ0) is 13.9. The van der Waals surface area contributed by atoms with Gasteiger partial charge in [-0.3, -0.25) is 9.69 Å². The Labute approximate surface area is 119 Å². The molecule has 0 aromatic heterocycles. The van der Waals surface area contributed by atoms with Gasteiger partial charge in [-0.25, -0.2) is 0 Å². The molecule has 3 nitrogen and oxygen atoms in total. The number of carbonyl (C=O) groups excluding carboxylic acids is 1. The molecule has 1 aliphatic rings. The first kappa shape index (κ1) is 16.5. The van der Waals surface area contributed by atoms with Crippen molar-refractivity contribution in [2.45, 2.75) is 77.7 Å². The van der Waals surface area contributed by atoms with E-state index in [1.165, 1.54) is 51.5 Å². The van der Waals surface area contributed by atoms with E-state index in [2.05, 4.69) is 24.1 Å². The van der Waals surface area contributed by atoms with Crippen molar-refractivity contribution >= 4 is 5.91 Å². The molecular weight excluding hydrogens is 236 g/mol. The van der Waals surface area contributed by atoms with Gasteiger partial charge >= 0.3 is 0 Å². The van der Waals surface area contributed by atoms with Crippen LogP contribution in [-0.2, 0) is 4.79 Å². The van der Waals surface area contributed by atoms with Gasteiger partial charge in [-0.05, 0) is 32.4 Å². The Morgan fingerprint density at radius 2 is 1.89 bits per heavy atom. The van der Waals surface area contributed by atoms with Gasteiger partial charge in [-0.2, -0.15) is 0 Å².